The molecular weight excluding hydrogens is 224 g/mol. The standard InChI is InChI=1S/C15H20N2O/c18-13-9-17(10-15(13)5-6-15)8-12-3-1-2-11-4-7-16-14(11)12/h1-3,13,16,18H,4-10H2. The van der Waals surface area contributed by atoms with Crippen LogP contribution in [-0.2, 0) is 13.0 Å². The maximum Gasteiger partial charge on any atom is 0.0735 e. The lowest BCUT2D eigenvalue weighted by Gasteiger charge is -2.17. The maximum absolute atomic E-state index is 10.1. The molecule has 1 aromatic carbocycles. The Morgan fingerprint density at radius 3 is 3.06 bits per heavy atom. The summed E-state index contributed by atoms with van der Waals surface area (Å²) in [7, 11) is 0. The van der Waals surface area contributed by atoms with Gasteiger partial charge in [-0.05, 0) is 30.4 Å². The van der Waals surface area contributed by atoms with Gasteiger partial charge in [-0.15, -0.1) is 0 Å². The maximum atomic E-state index is 10.1. The van der Waals surface area contributed by atoms with Gasteiger partial charge in [0.2, 0.25) is 0 Å². The molecule has 4 rings (SSSR count). The van der Waals surface area contributed by atoms with Gasteiger partial charge in [0, 0.05) is 37.3 Å². The number of para-hydroxylation sites is 1. The van der Waals surface area contributed by atoms with Gasteiger partial charge in [-0.3, -0.25) is 4.90 Å². The number of aliphatic hydroxyl groups is 1. The molecule has 0 amide bonds. The third-order valence-corrected chi connectivity index (χ3v) is 4.90. The van der Waals surface area contributed by atoms with E-state index in [4.69, 9.17) is 0 Å². The number of nitrogens with zero attached hydrogens (tertiary/aromatic N) is 1. The topological polar surface area (TPSA) is 35.5 Å². The Bertz CT molecular complexity index is 481. The first-order valence-electron chi connectivity index (χ1n) is 7.02. The summed E-state index contributed by atoms with van der Waals surface area (Å²) >= 11 is 0. The molecule has 0 aromatic heterocycles. The molecule has 3 nitrogen and oxygen atoms in total. The van der Waals surface area contributed by atoms with Crippen molar-refractivity contribution < 1.29 is 5.11 Å². The Morgan fingerprint density at radius 1 is 1.39 bits per heavy atom. The number of hydrogen-bond acceptors (Lipinski definition) is 3. The van der Waals surface area contributed by atoms with Gasteiger partial charge in [-0.1, -0.05) is 18.2 Å². The van der Waals surface area contributed by atoms with Crippen molar-refractivity contribution in [3.8, 4) is 0 Å². The van der Waals surface area contributed by atoms with Gasteiger partial charge in [0.1, 0.15) is 0 Å². The van der Waals surface area contributed by atoms with Crippen molar-refractivity contribution in [2.24, 2.45) is 5.41 Å². The first-order valence-corrected chi connectivity index (χ1v) is 7.02. The molecule has 18 heavy (non-hydrogen) atoms. The highest BCUT2D eigenvalue weighted by atomic mass is 16.3. The van der Waals surface area contributed by atoms with Crippen LogP contribution in [0.2, 0.25) is 0 Å². The molecule has 1 aliphatic carbocycles. The lowest BCUT2D eigenvalue weighted by Crippen LogP contribution is -2.21. The van der Waals surface area contributed by atoms with E-state index < -0.39 is 0 Å². The molecule has 1 saturated carbocycles. The first kappa shape index (κ1) is 10.8. The van der Waals surface area contributed by atoms with Crippen LogP contribution in [0, 0.1) is 5.41 Å². The Morgan fingerprint density at radius 2 is 2.28 bits per heavy atom. The number of β-amino-alcohol motifs (C(OH)–C–C–N with tert-alkyl or cyclic N) is 1. The number of fused-ring (bicyclic) bond motifs is 1. The number of nitrogens with one attached hydrogen (secondary N) is 1. The minimum Gasteiger partial charge on any atom is -0.391 e. The highest BCUT2D eigenvalue weighted by Crippen LogP contribution is 2.53. The molecule has 2 N–H and O–H groups in total. The van der Waals surface area contributed by atoms with Crippen LogP contribution in [0.4, 0.5) is 5.69 Å². The fourth-order valence-corrected chi connectivity index (χ4v) is 3.61. The Kier molecular flexibility index (Phi) is 2.24. The Labute approximate surface area is 108 Å². The molecular formula is C15H20N2O. The molecule has 0 radical (unpaired) electrons. The van der Waals surface area contributed by atoms with Gasteiger partial charge in [0.25, 0.3) is 0 Å². The van der Waals surface area contributed by atoms with Crippen LogP contribution < -0.4 is 5.32 Å². The quantitative estimate of drug-likeness (QED) is 0.829. The van der Waals surface area contributed by atoms with Crippen molar-refractivity contribution in [3.05, 3.63) is 29.3 Å². The molecule has 1 saturated heterocycles. The van der Waals surface area contributed by atoms with Gasteiger partial charge in [0.05, 0.1) is 6.10 Å². The highest BCUT2D eigenvalue weighted by Gasteiger charge is 2.54. The molecule has 3 heteroatoms. The van der Waals surface area contributed by atoms with E-state index in [1.165, 1.54) is 29.7 Å². The molecule has 1 unspecified atom stereocenters. The fourth-order valence-electron chi connectivity index (χ4n) is 3.61. The average Bonchev–Trinajstić information content (AvgIpc) is 2.84. The van der Waals surface area contributed by atoms with E-state index in [0.717, 1.165) is 32.6 Å². The van der Waals surface area contributed by atoms with Crippen molar-refractivity contribution >= 4 is 5.69 Å². The summed E-state index contributed by atoms with van der Waals surface area (Å²) in [6, 6.07) is 6.61. The number of rotatable bonds is 2. The van der Waals surface area contributed by atoms with Crippen LogP contribution in [0.15, 0.2) is 18.2 Å². The SMILES string of the molecule is OC1CN(Cc2cccc3c2NCC3)CC12CC2. The van der Waals surface area contributed by atoms with Crippen LogP contribution in [-0.4, -0.2) is 35.7 Å². The highest BCUT2D eigenvalue weighted by molar-refractivity contribution is 5.61. The van der Waals surface area contributed by atoms with Crippen molar-refractivity contribution in [2.75, 3.05) is 25.0 Å². The second kappa shape index (κ2) is 3.72. The number of aliphatic hydroxyl groups excluding tert-OH is 1. The molecule has 2 heterocycles. The van der Waals surface area contributed by atoms with Crippen molar-refractivity contribution in [1.82, 2.24) is 4.90 Å². The number of hydrogen-bond donors (Lipinski definition) is 2. The summed E-state index contributed by atoms with van der Waals surface area (Å²) in [5.74, 6) is 0. The van der Waals surface area contributed by atoms with E-state index in [0.29, 0.717) is 0 Å². The minimum absolute atomic E-state index is 0.0952. The summed E-state index contributed by atoms with van der Waals surface area (Å²) in [4.78, 5) is 2.42. The van der Waals surface area contributed by atoms with E-state index in [9.17, 15) is 5.11 Å². The summed E-state index contributed by atoms with van der Waals surface area (Å²) < 4.78 is 0. The fraction of sp³-hybridized carbons (Fsp3) is 0.600. The predicted molar refractivity (Wildman–Crippen MR) is 71.6 cm³/mol. The van der Waals surface area contributed by atoms with Crippen LogP contribution in [0.1, 0.15) is 24.0 Å². The number of likely N-dealkylation sites (tertiary alicyclic amines) is 1. The molecule has 96 valence electrons. The third-order valence-electron chi connectivity index (χ3n) is 4.90. The average molecular weight is 244 g/mol. The molecule has 2 fully saturated rings. The van der Waals surface area contributed by atoms with Crippen LogP contribution in [0.5, 0.6) is 0 Å². The lowest BCUT2D eigenvalue weighted by atomic mass is 10.0. The van der Waals surface area contributed by atoms with Crippen molar-refractivity contribution in [2.45, 2.75) is 31.9 Å². The predicted octanol–water partition coefficient (Wildman–Crippen LogP) is 1.61. The smallest absolute Gasteiger partial charge is 0.0735 e. The molecule has 1 spiro atoms. The molecule has 2 aliphatic heterocycles. The summed E-state index contributed by atoms with van der Waals surface area (Å²) in [6.45, 7) is 3.98. The summed E-state index contributed by atoms with van der Waals surface area (Å²) in [5.41, 5.74) is 4.47. The second-order valence-corrected chi connectivity index (χ2v) is 6.18. The van der Waals surface area contributed by atoms with E-state index in [1.54, 1.807) is 0 Å². The van der Waals surface area contributed by atoms with Crippen molar-refractivity contribution in [1.29, 1.82) is 0 Å². The molecule has 1 atom stereocenters. The second-order valence-electron chi connectivity index (χ2n) is 6.18. The zero-order valence-corrected chi connectivity index (χ0v) is 10.7. The van der Waals surface area contributed by atoms with E-state index >= 15 is 0 Å². The lowest BCUT2D eigenvalue weighted by molar-refractivity contribution is 0.131. The van der Waals surface area contributed by atoms with E-state index in [-0.39, 0.29) is 11.5 Å². The van der Waals surface area contributed by atoms with Crippen LogP contribution in [0.3, 0.4) is 0 Å². The van der Waals surface area contributed by atoms with Gasteiger partial charge in [-0.25, -0.2) is 0 Å². The van der Waals surface area contributed by atoms with Gasteiger partial charge >= 0.3 is 0 Å². The van der Waals surface area contributed by atoms with E-state index in [1.807, 2.05) is 0 Å². The Hall–Kier alpha value is -1.06. The van der Waals surface area contributed by atoms with Gasteiger partial charge in [-0.2, -0.15) is 0 Å². The number of benzene rings is 1. The largest absolute Gasteiger partial charge is 0.391 e. The molecule has 1 aromatic rings. The molecule has 3 aliphatic rings. The minimum atomic E-state index is -0.0952. The van der Waals surface area contributed by atoms with Crippen molar-refractivity contribution in [3.63, 3.8) is 0 Å². The first-order chi connectivity index (χ1) is 8.77. The zero-order valence-electron chi connectivity index (χ0n) is 10.7. The normalized spacial score (nSPS) is 28.4. The monoisotopic (exact) mass is 244 g/mol. The third kappa shape index (κ3) is 1.57. The van der Waals surface area contributed by atoms with Crippen LogP contribution in [0.25, 0.3) is 0 Å². The molecule has 0 bridgehead atoms. The summed E-state index contributed by atoms with van der Waals surface area (Å²) in [6.07, 6.45) is 3.49. The summed E-state index contributed by atoms with van der Waals surface area (Å²) in [5, 5.41) is 13.6. The number of anilines is 1. The van der Waals surface area contributed by atoms with Gasteiger partial charge in [0.15, 0.2) is 0 Å². The van der Waals surface area contributed by atoms with Gasteiger partial charge < -0.3 is 10.4 Å². The zero-order chi connectivity index (χ0) is 12.2. The van der Waals surface area contributed by atoms with Crippen LogP contribution >= 0.6 is 0 Å². The van der Waals surface area contributed by atoms with E-state index in [2.05, 4.69) is 28.4 Å². The Balaban J connectivity index is 1.54.